The number of hydrogen-bond acceptors (Lipinski definition) is 4. The summed E-state index contributed by atoms with van der Waals surface area (Å²) in [6, 6.07) is 9.31. The van der Waals surface area contributed by atoms with Crippen LogP contribution in [0.3, 0.4) is 0 Å². The summed E-state index contributed by atoms with van der Waals surface area (Å²) in [5, 5.41) is 17.8. The minimum atomic E-state index is -0.720. The number of primary amides is 1. The Balaban J connectivity index is 0.000000202. The third kappa shape index (κ3) is 4.21. The van der Waals surface area contributed by atoms with E-state index < -0.39 is 5.91 Å². The van der Waals surface area contributed by atoms with Crippen LogP contribution in [0.1, 0.15) is 10.4 Å². The number of benzene rings is 1. The molecule has 1 aromatic heterocycles. The highest BCUT2D eigenvalue weighted by molar-refractivity contribution is 5.95. The highest BCUT2D eigenvalue weighted by atomic mass is 16.3. The zero-order valence-electron chi connectivity index (χ0n) is 8.95. The number of phenolic OH excluding ortho intramolecular Hbond substituents is 1. The first kappa shape index (κ1) is 12.5. The number of carbonyl (C=O) groups excluding carboxylic acids is 1. The van der Waals surface area contributed by atoms with E-state index >= 15 is 0 Å². The van der Waals surface area contributed by atoms with E-state index in [1.807, 2.05) is 18.2 Å². The van der Waals surface area contributed by atoms with Crippen molar-refractivity contribution < 1.29 is 15.0 Å². The Hall–Kier alpha value is -2.56. The van der Waals surface area contributed by atoms with Gasteiger partial charge in [-0.1, -0.05) is 6.07 Å². The fourth-order valence-corrected chi connectivity index (χ4v) is 1.04. The second-order valence-electron chi connectivity index (χ2n) is 3.09. The maximum Gasteiger partial charge on any atom is 0.252 e. The molecule has 1 amide bonds. The van der Waals surface area contributed by atoms with Crippen molar-refractivity contribution in [1.82, 2.24) is 4.98 Å². The molecule has 5 heteroatoms. The molecule has 2 rings (SSSR count). The van der Waals surface area contributed by atoms with Gasteiger partial charge >= 0.3 is 0 Å². The molecule has 0 fully saturated rings. The van der Waals surface area contributed by atoms with E-state index in [4.69, 9.17) is 15.9 Å². The van der Waals surface area contributed by atoms with Crippen LogP contribution in [0.5, 0.6) is 11.5 Å². The van der Waals surface area contributed by atoms with E-state index in [-0.39, 0.29) is 17.1 Å². The number of amides is 1. The second kappa shape index (κ2) is 6.12. The number of nitrogens with zero attached hydrogens (tertiary/aromatic N) is 1. The van der Waals surface area contributed by atoms with Gasteiger partial charge in [0.1, 0.15) is 11.5 Å². The fraction of sp³-hybridized carbons (Fsp3) is 0. The number of rotatable bonds is 1. The standard InChI is InChI=1S/C7H7NO3.C5H5N/c8-7(11)5-2-1-4(9)3-6(5)10;1-2-4-6-5-3-1/h1-3,9-10H,(H2,8,11);1-5H. The Kier molecular flexibility index (Phi) is 4.50. The molecule has 5 nitrogen and oxygen atoms in total. The highest BCUT2D eigenvalue weighted by Gasteiger charge is 2.06. The second-order valence-corrected chi connectivity index (χ2v) is 3.09. The Morgan fingerprint density at radius 2 is 1.76 bits per heavy atom. The van der Waals surface area contributed by atoms with E-state index in [9.17, 15) is 4.79 Å². The van der Waals surface area contributed by atoms with E-state index in [1.165, 1.54) is 12.1 Å². The quantitative estimate of drug-likeness (QED) is 0.690. The monoisotopic (exact) mass is 232 g/mol. The van der Waals surface area contributed by atoms with Gasteiger partial charge in [0.15, 0.2) is 0 Å². The van der Waals surface area contributed by atoms with Gasteiger partial charge in [-0.2, -0.15) is 0 Å². The molecule has 0 unspecified atom stereocenters. The van der Waals surface area contributed by atoms with Gasteiger partial charge in [-0.25, -0.2) is 0 Å². The van der Waals surface area contributed by atoms with Crippen molar-refractivity contribution in [2.75, 3.05) is 0 Å². The van der Waals surface area contributed by atoms with Crippen molar-refractivity contribution in [2.24, 2.45) is 5.73 Å². The van der Waals surface area contributed by atoms with Gasteiger partial charge in [0.2, 0.25) is 0 Å². The van der Waals surface area contributed by atoms with Crippen LogP contribution in [0, 0.1) is 0 Å². The Morgan fingerprint density at radius 3 is 2.12 bits per heavy atom. The smallest absolute Gasteiger partial charge is 0.252 e. The summed E-state index contributed by atoms with van der Waals surface area (Å²) in [7, 11) is 0. The number of nitrogens with two attached hydrogens (primary N) is 1. The number of aromatic nitrogens is 1. The highest BCUT2D eigenvalue weighted by Crippen LogP contribution is 2.21. The number of aromatic hydroxyl groups is 2. The molecule has 17 heavy (non-hydrogen) atoms. The summed E-state index contributed by atoms with van der Waals surface area (Å²) in [6.07, 6.45) is 3.50. The molecule has 2 aromatic rings. The summed E-state index contributed by atoms with van der Waals surface area (Å²) in [5.74, 6) is -1.13. The van der Waals surface area contributed by atoms with Gasteiger partial charge in [-0.05, 0) is 24.3 Å². The van der Waals surface area contributed by atoms with Crippen LogP contribution in [0.15, 0.2) is 48.8 Å². The summed E-state index contributed by atoms with van der Waals surface area (Å²) >= 11 is 0. The van der Waals surface area contributed by atoms with Crippen LogP contribution < -0.4 is 5.73 Å². The first-order chi connectivity index (χ1) is 8.11. The van der Waals surface area contributed by atoms with Crippen molar-refractivity contribution in [2.45, 2.75) is 0 Å². The molecule has 1 aromatic carbocycles. The first-order valence-electron chi connectivity index (χ1n) is 4.78. The average Bonchev–Trinajstić information content (AvgIpc) is 2.31. The van der Waals surface area contributed by atoms with E-state index in [2.05, 4.69) is 4.98 Å². The lowest BCUT2D eigenvalue weighted by molar-refractivity contribution is 0.0998. The van der Waals surface area contributed by atoms with Crippen molar-refractivity contribution >= 4 is 5.91 Å². The van der Waals surface area contributed by atoms with Crippen molar-refractivity contribution in [3.05, 3.63) is 54.4 Å². The van der Waals surface area contributed by atoms with E-state index in [1.54, 1.807) is 12.4 Å². The molecule has 0 saturated heterocycles. The molecule has 0 aliphatic carbocycles. The number of carbonyl (C=O) groups is 1. The van der Waals surface area contributed by atoms with Crippen LogP contribution in [0.25, 0.3) is 0 Å². The van der Waals surface area contributed by atoms with Crippen LogP contribution in [-0.4, -0.2) is 21.1 Å². The van der Waals surface area contributed by atoms with Gasteiger partial charge in [0.05, 0.1) is 5.56 Å². The molecule has 0 saturated carbocycles. The van der Waals surface area contributed by atoms with E-state index in [0.29, 0.717) is 0 Å². The lowest BCUT2D eigenvalue weighted by Gasteiger charge is -1.98. The summed E-state index contributed by atoms with van der Waals surface area (Å²) in [6.45, 7) is 0. The normalized spacial score (nSPS) is 8.94. The van der Waals surface area contributed by atoms with Crippen LogP contribution in [0.4, 0.5) is 0 Å². The molecule has 0 spiro atoms. The van der Waals surface area contributed by atoms with Crippen molar-refractivity contribution in [3.63, 3.8) is 0 Å². The zero-order chi connectivity index (χ0) is 12.7. The Labute approximate surface area is 98.2 Å². The Morgan fingerprint density at radius 1 is 1.12 bits per heavy atom. The summed E-state index contributed by atoms with van der Waals surface area (Å²) < 4.78 is 0. The predicted octanol–water partition coefficient (Wildman–Crippen LogP) is 1.28. The maximum atomic E-state index is 10.5. The number of pyridine rings is 1. The van der Waals surface area contributed by atoms with Gasteiger partial charge in [0, 0.05) is 18.5 Å². The van der Waals surface area contributed by atoms with Crippen LogP contribution >= 0.6 is 0 Å². The van der Waals surface area contributed by atoms with Gasteiger partial charge in [-0.15, -0.1) is 0 Å². The summed E-state index contributed by atoms with van der Waals surface area (Å²) in [4.78, 5) is 14.3. The minimum Gasteiger partial charge on any atom is -0.508 e. The molecule has 0 atom stereocenters. The van der Waals surface area contributed by atoms with Gasteiger partial charge in [0.25, 0.3) is 5.91 Å². The SMILES string of the molecule is NC(=O)c1ccc(O)cc1O.c1ccncc1. The van der Waals surface area contributed by atoms with Crippen LogP contribution in [-0.2, 0) is 0 Å². The minimum absolute atomic E-state index is 0.00259. The van der Waals surface area contributed by atoms with Crippen LogP contribution in [0.2, 0.25) is 0 Å². The number of hydrogen-bond donors (Lipinski definition) is 3. The Bertz CT molecular complexity index is 460. The number of phenols is 2. The van der Waals surface area contributed by atoms with Gasteiger partial charge in [-0.3, -0.25) is 9.78 Å². The lowest BCUT2D eigenvalue weighted by Crippen LogP contribution is -2.10. The molecule has 0 radical (unpaired) electrons. The van der Waals surface area contributed by atoms with Gasteiger partial charge < -0.3 is 15.9 Å². The zero-order valence-corrected chi connectivity index (χ0v) is 8.95. The molecule has 4 N–H and O–H groups in total. The first-order valence-corrected chi connectivity index (χ1v) is 4.78. The third-order valence-corrected chi connectivity index (χ3v) is 1.81. The van der Waals surface area contributed by atoms with Crippen molar-refractivity contribution in [1.29, 1.82) is 0 Å². The fourth-order valence-electron chi connectivity index (χ4n) is 1.04. The average molecular weight is 232 g/mol. The molecule has 0 aliphatic heterocycles. The molecule has 0 aliphatic rings. The summed E-state index contributed by atoms with van der Waals surface area (Å²) in [5.41, 5.74) is 4.89. The van der Waals surface area contributed by atoms with E-state index in [0.717, 1.165) is 6.07 Å². The molecule has 0 bridgehead atoms. The largest absolute Gasteiger partial charge is 0.508 e. The lowest BCUT2D eigenvalue weighted by atomic mass is 10.2. The molecule has 1 heterocycles. The molecule has 88 valence electrons. The predicted molar refractivity (Wildman–Crippen MR) is 62.5 cm³/mol. The maximum absolute atomic E-state index is 10.5. The molecular weight excluding hydrogens is 220 g/mol. The topological polar surface area (TPSA) is 96.4 Å². The van der Waals surface area contributed by atoms with Crippen molar-refractivity contribution in [3.8, 4) is 11.5 Å². The third-order valence-electron chi connectivity index (χ3n) is 1.81. The molecular formula is C12H12N2O3.